The third kappa shape index (κ3) is 5.63. The molecule has 3 aromatic rings. The van der Waals surface area contributed by atoms with Gasteiger partial charge in [0.1, 0.15) is 17.9 Å². The van der Waals surface area contributed by atoms with Gasteiger partial charge >= 0.3 is 0 Å². The maximum Gasteiger partial charge on any atom is 0.224 e. The van der Waals surface area contributed by atoms with Gasteiger partial charge in [0.15, 0.2) is 0 Å². The number of piperidine rings is 1. The van der Waals surface area contributed by atoms with Gasteiger partial charge in [-0.05, 0) is 49.4 Å². The van der Waals surface area contributed by atoms with Crippen molar-refractivity contribution in [3.8, 4) is 11.6 Å². The molecule has 2 heterocycles. The first kappa shape index (κ1) is 21.8. The fourth-order valence-corrected chi connectivity index (χ4v) is 3.88. The Morgan fingerprint density at radius 1 is 1.03 bits per heavy atom. The number of benzene rings is 2. The molecule has 0 unspecified atom stereocenters. The van der Waals surface area contributed by atoms with E-state index in [2.05, 4.69) is 70.4 Å². The molecule has 0 radical (unpaired) electrons. The molecule has 0 aliphatic carbocycles. The predicted molar refractivity (Wildman–Crippen MR) is 126 cm³/mol. The Balaban J connectivity index is 1.29. The van der Waals surface area contributed by atoms with Gasteiger partial charge in [0.25, 0.3) is 0 Å². The van der Waals surface area contributed by atoms with Crippen LogP contribution in [0.1, 0.15) is 36.5 Å². The fourth-order valence-electron chi connectivity index (χ4n) is 3.88. The lowest BCUT2D eigenvalue weighted by atomic mass is 9.96. The molecule has 0 bridgehead atoms. The number of anilines is 1. The van der Waals surface area contributed by atoms with Gasteiger partial charge in [0, 0.05) is 31.6 Å². The third-order valence-corrected chi connectivity index (χ3v) is 5.96. The van der Waals surface area contributed by atoms with Crippen LogP contribution >= 0.6 is 0 Å². The molecule has 0 saturated carbocycles. The molecule has 1 saturated heterocycles. The summed E-state index contributed by atoms with van der Waals surface area (Å²) in [7, 11) is 0. The van der Waals surface area contributed by atoms with Crippen LogP contribution in [0.2, 0.25) is 0 Å². The van der Waals surface area contributed by atoms with Crippen molar-refractivity contribution in [2.75, 3.05) is 18.0 Å². The monoisotopic (exact) mass is 430 g/mol. The SMILES string of the molecule is CCc1ccc(Oc2cc(N3CCC(C(=O)NCc4ccc(C)cc4)CC3)ncn2)cc1. The molecule has 6 nitrogen and oxygen atoms in total. The van der Waals surface area contributed by atoms with Crippen LogP contribution in [0.15, 0.2) is 60.9 Å². The quantitative estimate of drug-likeness (QED) is 0.590. The first-order valence-corrected chi connectivity index (χ1v) is 11.3. The van der Waals surface area contributed by atoms with Crippen LogP contribution in [-0.2, 0) is 17.8 Å². The van der Waals surface area contributed by atoms with Crippen LogP contribution in [0, 0.1) is 12.8 Å². The molecule has 0 spiro atoms. The number of aromatic nitrogens is 2. The molecule has 1 fully saturated rings. The van der Waals surface area contributed by atoms with Crippen molar-refractivity contribution in [2.45, 2.75) is 39.7 Å². The largest absolute Gasteiger partial charge is 0.439 e. The van der Waals surface area contributed by atoms with Gasteiger partial charge in [-0.3, -0.25) is 4.79 Å². The normalized spacial score (nSPS) is 14.2. The van der Waals surface area contributed by atoms with Crippen LogP contribution in [0.5, 0.6) is 11.6 Å². The summed E-state index contributed by atoms with van der Waals surface area (Å²) in [5, 5.41) is 3.08. The van der Waals surface area contributed by atoms with E-state index in [4.69, 9.17) is 4.74 Å². The number of amides is 1. The number of carbonyl (C=O) groups excluding carboxylic acids is 1. The minimum Gasteiger partial charge on any atom is -0.439 e. The number of hydrogen-bond acceptors (Lipinski definition) is 5. The van der Waals surface area contributed by atoms with Crippen molar-refractivity contribution in [1.29, 1.82) is 0 Å². The van der Waals surface area contributed by atoms with Gasteiger partial charge in [0.2, 0.25) is 11.8 Å². The highest BCUT2D eigenvalue weighted by molar-refractivity contribution is 5.79. The number of nitrogens with zero attached hydrogens (tertiary/aromatic N) is 3. The van der Waals surface area contributed by atoms with E-state index in [-0.39, 0.29) is 11.8 Å². The van der Waals surface area contributed by atoms with Crippen LogP contribution < -0.4 is 15.0 Å². The molecule has 1 aliphatic rings. The van der Waals surface area contributed by atoms with Crippen LogP contribution in [-0.4, -0.2) is 29.0 Å². The summed E-state index contributed by atoms with van der Waals surface area (Å²) in [4.78, 5) is 23.5. The molecule has 1 aliphatic heterocycles. The Kier molecular flexibility index (Phi) is 7.00. The van der Waals surface area contributed by atoms with Crippen LogP contribution in [0.3, 0.4) is 0 Å². The second kappa shape index (κ2) is 10.3. The first-order chi connectivity index (χ1) is 15.6. The number of rotatable bonds is 7. The molecule has 1 amide bonds. The highest BCUT2D eigenvalue weighted by atomic mass is 16.5. The first-order valence-electron chi connectivity index (χ1n) is 11.3. The predicted octanol–water partition coefficient (Wildman–Crippen LogP) is 4.67. The summed E-state index contributed by atoms with van der Waals surface area (Å²) in [5.74, 6) is 2.28. The Labute approximate surface area is 189 Å². The highest BCUT2D eigenvalue weighted by Gasteiger charge is 2.25. The van der Waals surface area contributed by atoms with E-state index in [1.165, 1.54) is 17.5 Å². The van der Waals surface area contributed by atoms with E-state index in [9.17, 15) is 4.79 Å². The Bertz CT molecular complexity index is 1030. The van der Waals surface area contributed by atoms with Gasteiger partial charge < -0.3 is 15.0 Å². The molecular weight excluding hydrogens is 400 g/mol. The van der Waals surface area contributed by atoms with Crippen molar-refractivity contribution >= 4 is 11.7 Å². The zero-order valence-corrected chi connectivity index (χ0v) is 18.8. The lowest BCUT2D eigenvalue weighted by molar-refractivity contribution is -0.125. The Hall–Kier alpha value is -3.41. The minimum atomic E-state index is 0.0336. The summed E-state index contributed by atoms with van der Waals surface area (Å²) < 4.78 is 5.91. The Morgan fingerprint density at radius 2 is 1.72 bits per heavy atom. The number of carbonyl (C=O) groups is 1. The lowest BCUT2D eigenvalue weighted by Gasteiger charge is -2.32. The summed E-state index contributed by atoms with van der Waals surface area (Å²) in [6.45, 7) is 6.33. The molecule has 6 heteroatoms. The van der Waals surface area contributed by atoms with Gasteiger partial charge in [-0.15, -0.1) is 0 Å². The number of aryl methyl sites for hydroxylation is 2. The topological polar surface area (TPSA) is 67.3 Å². The summed E-state index contributed by atoms with van der Waals surface area (Å²) in [5.41, 5.74) is 3.62. The van der Waals surface area contributed by atoms with Gasteiger partial charge in [-0.2, -0.15) is 0 Å². The second-order valence-corrected chi connectivity index (χ2v) is 8.28. The molecular formula is C26H30N4O2. The average molecular weight is 431 g/mol. The van der Waals surface area contributed by atoms with Gasteiger partial charge in [0.05, 0.1) is 0 Å². The number of nitrogens with one attached hydrogen (secondary N) is 1. The summed E-state index contributed by atoms with van der Waals surface area (Å²) in [6, 6.07) is 18.2. The molecule has 0 atom stereocenters. The van der Waals surface area contributed by atoms with Crippen molar-refractivity contribution in [3.05, 3.63) is 77.6 Å². The second-order valence-electron chi connectivity index (χ2n) is 8.28. The van der Waals surface area contributed by atoms with Gasteiger partial charge in [-0.1, -0.05) is 48.9 Å². The van der Waals surface area contributed by atoms with Gasteiger partial charge in [-0.25, -0.2) is 9.97 Å². The average Bonchev–Trinajstić information content (AvgIpc) is 2.84. The van der Waals surface area contributed by atoms with Crippen molar-refractivity contribution in [2.24, 2.45) is 5.92 Å². The van der Waals surface area contributed by atoms with E-state index in [0.29, 0.717) is 12.4 Å². The summed E-state index contributed by atoms with van der Waals surface area (Å²) in [6.07, 6.45) is 4.14. The maximum absolute atomic E-state index is 12.6. The number of hydrogen-bond donors (Lipinski definition) is 1. The number of ether oxygens (including phenoxy) is 1. The highest BCUT2D eigenvalue weighted by Crippen LogP contribution is 2.26. The smallest absolute Gasteiger partial charge is 0.224 e. The molecule has 1 N–H and O–H groups in total. The molecule has 32 heavy (non-hydrogen) atoms. The standard InChI is InChI=1S/C26H30N4O2/c1-3-20-8-10-23(11-9-20)32-25-16-24(28-18-29-25)30-14-12-22(13-15-30)26(31)27-17-21-6-4-19(2)5-7-21/h4-11,16,18,22H,3,12-15,17H2,1-2H3,(H,27,31). The molecule has 2 aromatic carbocycles. The van der Waals surface area contributed by atoms with Crippen molar-refractivity contribution in [1.82, 2.24) is 15.3 Å². The van der Waals surface area contributed by atoms with Crippen LogP contribution in [0.4, 0.5) is 5.82 Å². The fraction of sp³-hybridized carbons (Fsp3) is 0.346. The van der Waals surface area contributed by atoms with Crippen LogP contribution in [0.25, 0.3) is 0 Å². The van der Waals surface area contributed by atoms with E-state index < -0.39 is 0 Å². The van der Waals surface area contributed by atoms with E-state index in [1.54, 1.807) is 0 Å². The maximum atomic E-state index is 12.6. The van der Waals surface area contributed by atoms with Crippen molar-refractivity contribution in [3.63, 3.8) is 0 Å². The lowest BCUT2D eigenvalue weighted by Crippen LogP contribution is -2.40. The van der Waals surface area contributed by atoms with E-state index in [1.807, 2.05) is 18.2 Å². The van der Waals surface area contributed by atoms with E-state index in [0.717, 1.165) is 49.5 Å². The third-order valence-electron chi connectivity index (χ3n) is 5.96. The molecule has 4 rings (SSSR count). The summed E-state index contributed by atoms with van der Waals surface area (Å²) >= 11 is 0. The minimum absolute atomic E-state index is 0.0336. The van der Waals surface area contributed by atoms with E-state index >= 15 is 0 Å². The Morgan fingerprint density at radius 3 is 2.41 bits per heavy atom. The van der Waals surface area contributed by atoms with Crippen molar-refractivity contribution < 1.29 is 9.53 Å². The molecule has 166 valence electrons. The zero-order chi connectivity index (χ0) is 22.3. The molecule has 1 aromatic heterocycles. The zero-order valence-electron chi connectivity index (χ0n) is 18.8.